The predicted octanol–water partition coefficient (Wildman–Crippen LogP) is 1.94. The lowest BCUT2D eigenvalue weighted by Crippen LogP contribution is -2.43. The minimum absolute atomic E-state index is 0.0428. The minimum atomic E-state index is -2.50. The molecule has 8 nitrogen and oxygen atoms in total. The molecular weight excluding hydrogens is 404 g/mol. The first-order chi connectivity index (χ1) is 13.8. The monoisotopic (exact) mass is 425 g/mol. The van der Waals surface area contributed by atoms with E-state index < -0.39 is 24.4 Å². The predicted molar refractivity (Wildman–Crippen MR) is 106 cm³/mol. The van der Waals surface area contributed by atoms with Gasteiger partial charge in [0.05, 0.1) is 42.3 Å². The van der Waals surface area contributed by atoms with Gasteiger partial charge in [0.1, 0.15) is 5.02 Å². The molecule has 0 amide bonds. The summed E-state index contributed by atoms with van der Waals surface area (Å²) in [7, 11) is 0. The lowest BCUT2D eigenvalue weighted by molar-refractivity contribution is 0.146. The quantitative estimate of drug-likeness (QED) is 0.478. The molecule has 3 rings (SSSR count). The summed E-state index contributed by atoms with van der Waals surface area (Å²) < 4.78 is 25.8. The molecular formula is C18H22ClF2N7O. The number of anilines is 1. The Kier molecular flexibility index (Phi) is 6.33. The number of aromatic nitrogens is 3. The number of hydrogen-bond acceptors (Lipinski definition) is 7. The Hall–Kier alpha value is -2.72. The SMILES string of the molecule is CC(c1cccnc1CC(F)F)N(N)C1=C(N)CN(c2cn[nH]c(=O)c2Cl)CC1. The van der Waals surface area contributed by atoms with Gasteiger partial charge in [0, 0.05) is 24.9 Å². The van der Waals surface area contributed by atoms with Crippen LogP contribution in [0.5, 0.6) is 0 Å². The van der Waals surface area contributed by atoms with E-state index >= 15 is 0 Å². The van der Waals surface area contributed by atoms with E-state index in [9.17, 15) is 13.6 Å². The van der Waals surface area contributed by atoms with Gasteiger partial charge in [-0.1, -0.05) is 17.7 Å². The molecule has 1 atom stereocenters. The number of nitrogens with one attached hydrogen (secondary N) is 1. The van der Waals surface area contributed by atoms with Gasteiger partial charge in [-0.2, -0.15) is 5.10 Å². The molecule has 2 aromatic heterocycles. The highest BCUT2D eigenvalue weighted by Gasteiger charge is 2.27. The summed E-state index contributed by atoms with van der Waals surface area (Å²) in [6.45, 7) is 2.63. The molecule has 11 heteroatoms. The number of nitrogens with zero attached hydrogens (tertiary/aromatic N) is 4. The summed E-state index contributed by atoms with van der Waals surface area (Å²) in [5.41, 5.74) is 8.41. The van der Waals surface area contributed by atoms with E-state index in [1.807, 2.05) is 11.8 Å². The van der Waals surface area contributed by atoms with Gasteiger partial charge in [0.25, 0.3) is 5.56 Å². The van der Waals surface area contributed by atoms with Crippen LogP contribution in [0.3, 0.4) is 0 Å². The molecule has 0 saturated carbocycles. The molecule has 0 radical (unpaired) electrons. The smallest absolute Gasteiger partial charge is 0.285 e. The average Bonchev–Trinajstić information content (AvgIpc) is 2.69. The van der Waals surface area contributed by atoms with E-state index in [4.69, 9.17) is 23.2 Å². The summed E-state index contributed by atoms with van der Waals surface area (Å²) in [5.74, 6) is 6.32. The Morgan fingerprint density at radius 3 is 2.90 bits per heavy atom. The maximum Gasteiger partial charge on any atom is 0.285 e. The number of pyridine rings is 1. The van der Waals surface area contributed by atoms with E-state index in [0.29, 0.717) is 47.8 Å². The molecule has 0 aliphatic carbocycles. The second-order valence-corrected chi connectivity index (χ2v) is 7.14. The first kappa shape index (κ1) is 21.0. The van der Waals surface area contributed by atoms with Crippen molar-refractivity contribution >= 4 is 17.3 Å². The van der Waals surface area contributed by atoms with E-state index in [0.717, 1.165) is 0 Å². The number of rotatable bonds is 6. The van der Waals surface area contributed by atoms with E-state index in [1.165, 1.54) is 17.4 Å². The van der Waals surface area contributed by atoms with Gasteiger partial charge in [-0.05, 0) is 18.6 Å². The number of alkyl halides is 2. The van der Waals surface area contributed by atoms with Gasteiger partial charge in [-0.25, -0.2) is 19.7 Å². The van der Waals surface area contributed by atoms with Crippen LogP contribution >= 0.6 is 11.6 Å². The third-order valence-electron chi connectivity index (χ3n) is 4.92. The summed E-state index contributed by atoms with van der Waals surface area (Å²) in [5, 5.41) is 7.59. The van der Waals surface area contributed by atoms with Crippen LogP contribution in [0, 0.1) is 0 Å². The fourth-order valence-electron chi connectivity index (χ4n) is 3.40. The number of aromatic amines is 1. The molecule has 3 heterocycles. The topological polar surface area (TPSA) is 117 Å². The van der Waals surface area contributed by atoms with Crippen molar-refractivity contribution in [2.75, 3.05) is 18.0 Å². The molecule has 0 aromatic carbocycles. The highest BCUT2D eigenvalue weighted by atomic mass is 35.5. The van der Waals surface area contributed by atoms with Crippen LogP contribution in [0.4, 0.5) is 14.5 Å². The molecule has 5 N–H and O–H groups in total. The summed E-state index contributed by atoms with van der Waals surface area (Å²) in [4.78, 5) is 17.6. The van der Waals surface area contributed by atoms with Crippen LogP contribution in [-0.4, -0.2) is 39.7 Å². The van der Waals surface area contributed by atoms with Gasteiger partial charge in [-0.3, -0.25) is 9.78 Å². The third kappa shape index (κ3) is 4.48. The maximum absolute atomic E-state index is 12.9. The third-order valence-corrected chi connectivity index (χ3v) is 5.29. The van der Waals surface area contributed by atoms with Crippen molar-refractivity contribution in [2.24, 2.45) is 11.6 Å². The van der Waals surface area contributed by atoms with Crippen LogP contribution in [0.25, 0.3) is 0 Å². The molecule has 156 valence electrons. The van der Waals surface area contributed by atoms with Crippen molar-refractivity contribution in [3.8, 4) is 0 Å². The lowest BCUT2D eigenvalue weighted by atomic mass is 10.0. The van der Waals surface area contributed by atoms with Crippen molar-refractivity contribution in [1.29, 1.82) is 0 Å². The number of H-pyrrole nitrogens is 1. The van der Waals surface area contributed by atoms with Gasteiger partial charge >= 0.3 is 0 Å². The minimum Gasteiger partial charge on any atom is -0.399 e. The van der Waals surface area contributed by atoms with Gasteiger partial charge in [0.15, 0.2) is 0 Å². The molecule has 1 aliphatic heterocycles. The zero-order chi connectivity index (χ0) is 21.1. The van der Waals surface area contributed by atoms with Gasteiger partial charge < -0.3 is 15.6 Å². The number of hydrogen-bond donors (Lipinski definition) is 3. The maximum atomic E-state index is 12.9. The van der Waals surface area contributed by atoms with Crippen molar-refractivity contribution in [2.45, 2.75) is 32.2 Å². The second kappa shape index (κ2) is 8.75. The van der Waals surface area contributed by atoms with E-state index in [-0.39, 0.29) is 5.02 Å². The summed E-state index contributed by atoms with van der Waals surface area (Å²) >= 11 is 6.08. The van der Waals surface area contributed by atoms with Crippen molar-refractivity contribution < 1.29 is 8.78 Å². The fraction of sp³-hybridized carbons (Fsp3) is 0.389. The van der Waals surface area contributed by atoms with Crippen LogP contribution in [0.15, 0.2) is 40.7 Å². The van der Waals surface area contributed by atoms with Gasteiger partial charge in [0.2, 0.25) is 6.43 Å². The fourth-order valence-corrected chi connectivity index (χ4v) is 3.61. The Morgan fingerprint density at radius 1 is 1.45 bits per heavy atom. The van der Waals surface area contributed by atoms with Crippen molar-refractivity contribution in [1.82, 2.24) is 20.2 Å². The second-order valence-electron chi connectivity index (χ2n) is 6.76. The zero-order valence-electron chi connectivity index (χ0n) is 15.8. The van der Waals surface area contributed by atoms with Crippen molar-refractivity contribution in [3.05, 3.63) is 62.6 Å². The molecule has 0 bridgehead atoms. The Balaban J connectivity index is 1.82. The normalized spacial score (nSPS) is 15.7. The largest absolute Gasteiger partial charge is 0.399 e. The Bertz CT molecular complexity index is 965. The molecule has 1 aliphatic rings. The summed E-state index contributed by atoms with van der Waals surface area (Å²) in [6.07, 6.45) is 0.504. The van der Waals surface area contributed by atoms with Crippen LogP contribution in [0.1, 0.15) is 30.6 Å². The molecule has 2 aromatic rings. The Morgan fingerprint density at radius 2 is 2.21 bits per heavy atom. The number of nitrogens with two attached hydrogens (primary N) is 2. The van der Waals surface area contributed by atoms with Crippen molar-refractivity contribution in [3.63, 3.8) is 0 Å². The lowest BCUT2D eigenvalue weighted by Gasteiger charge is -2.37. The van der Waals surface area contributed by atoms with E-state index in [1.54, 1.807) is 12.1 Å². The van der Waals surface area contributed by atoms with Crippen LogP contribution in [-0.2, 0) is 6.42 Å². The first-order valence-corrected chi connectivity index (χ1v) is 9.38. The average molecular weight is 426 g/mol. The Labute approximate surface area is 171 Å². The summed E-state index contributed by atoms with van der Waals surface area (Å²) in [6, 6.07) is 3.03. The standard InChI is InChI=1S/C18H22ClF2N7O/c1-10(11-3-2-5-24-13(11)7-16(20)21)28(23)14-4-6-27(9-12(14)22)15-8-25-26-18(29)17(15)19/h2-3,5,8,10,16H,4,6-7,9,22-23H2,1H3,(H,26,29). The van der Waals surface area contributed by atoms with Gasteiger partial charge in [-0.15, -0.1) is 0 Å². The molecule has 0 saturated heterocycles. The number of hydrazine groups is 1. The first-order valence-electron chi connectivity index (χ1n) is 9.01. The van der Waals surface area contributed by atoms with Crippen LogP contribution < -0.4 is 22.0 Å². The highest BCUT2D eigenvalue weighted by Crippen LogP contribution is 2.30. The molecule has 1 unspecified atom stereocenters. The molecule has 0 spiro atoms. The number of halogens is 3. The van der Waals surface area contributed by atoms with Crippen LogP contribution in [0.2, 0.25) is 5.02 Å². The van der Waals surface area contributed by atoms with E-state index in [2.05, 4.69) is 15.2 Å². The zero-order valence-corrected chi connectivity index (χ0v) is 16.5. The molecule has 29 heavy (non-hydrogen) atoms. The molecule has 0 fully saturated rings. The highest BCUT2D eigenvalue weighted by molar-refractivity contribution is 6.33.